The summed E-state index contributed by atoms with van der Waals surface area (Å²) >= 11 is 0. The van der Waals surface area contributed by atoms with Gasteiger partial charge >= 0.3 is 0 Å². The van der Waals surface area contributed by atoms with Gasteiger partial charge in [0.1, 0.15) is 0 Å². The molecule has 0 N–H and O–H groups in total. The van der Waals surface area contributed by atoms with Gasteiger partial charge in [0.2, 0.25) is 0 Å². The Morgan fingerprint density at radius 2 is 2.15 bits per heavy atom. The minimum atomic E-state index is 0.485. The SMILES string of the molecule is CC1c2ccccc2-n2cncc21. The Morgan fingerprint density at radius 3 is 3.08 bits per heavy atom. The minimum Gasteiger partial charge on any atom is -0.302 e. The number of aromatic nitrogens is 2. The maximum atomic E-state index is 4.16. The van der Waals surface area contributed by atoms with E-state index in [0.717, 1.165) is 0 Å². The van der Waals surface area contributed by atoms with Crippen LogP contribution in [0.25, 0.3) is 5.69 Å². The minimum absolute atomic E-state index is 0.485. The van der Waals surface area contributed by atoms with Crippen LogP contribution in [0.15, 0.2) is 36.8 Å². The topological polar surface area (TPSA) is 17.8 Å². The normalized spacial score (nSPS) is 18.4. The van der Waals surface area contributed by atoms with Crippen molar-refractivity contribution in [3.8, 4) is 5.69 Å². The lowest BCUT2D eigenvalue weighted by Gasteiger charge is -2.01. The van der Waals surface area contributed by atoms with Gasteiger partial charge in [-0.3, -0.25) is 0 Å². The van der Waals surface area contributed by atoms with Gasteiger partial charge in [0, 0.05) is 17.8 Å². The fourth-order valence-electron chi connectivity index (χ4n) is 2.06. The molecule has 1 aromatic heterocycles. The van der Waals surface area contributed by atoms with E-state index in [1.54, 1.807) is 0 Å². The summed E-state index contributed by atoms with van der Waals surface area (Å²) in [5, 5.41) is 0. The second-order valence-electron chi connectivity index (χ2n) is 3.47. The van der Waals surface area contributed by atoms with Crippen LogP contribution in [0.2, 0.25) is 0 Å². The molecular weight excluding hydrogens is 160 g/mol. The molecule has 0 fully saturated rings. The molecule has 0 saturated carbocycles. The van der Waals surface area contributed by atoms with E-state index in [4.69, 9.17) is 0 Å². The molecule has 3 rings (SSSR count). The van der Waals surface area contributed by atoms with Gasteiger partial charge < -0.3 is 4.57 Å². The van der Waals surface area contributed by atoms with Gasteiger partial charge in [-0.25, -0.2) is 4.98 Å². The van der Waals surface area contributed by atoms with Crippen molar-refractivity contribution in [2.24, 2.45) is 0 Å². The summed E-state index contributed by atoms with van der Waals surface area (Å²) in [5.41, 5.74) is 3.98. The zero-order chi connectivity index (χ0) is 8.84. The van der Waals surface area contributed by atoms with Crippen LogP contribution in [0.4, 0.5) is 0 Å². The number of fused-ring (bicyclic) bond motifs is 3. The molecule has 0 saturated heterocycles. The van der Waals surface area contributed by atoms with Crippen molar-refractivity contribution in [3.05, 3.63) is 48.0 Å². The number of para-hydroxylation sites is 1. The third kappa shape index (κ3) is 0.750. The van der Waals surface area contributed by atoms with Gasteiger partial charge in [-0.15, -0.1) is 0 Å². The molecule has 2 nitrogen and oxygen atoms in total. The Morgan fingerprint density at radius 1 is 1.31 bits per heavy atom. The lowest BCUT2D eigenvalue weighted by atomic mass is 10.0. The first-order chi connectivity index (χ1) is 6.38. The molecule has 0 amide bonds. The summed E-state index contributed by atoms with van der Waals surface area (Å²) in [4.78, 5) is 4.16. The van der Waals surface area contributed by atoms with Gasteiger partial charge in [0.25, 0.3) is 0 Å². The van der Waals surface area contributed by atoms with Gasteiger partial charge in [0.15, 0.2) is 0 Å². The van der Waals surface area contributed by atoms with Crippen LogP contribution in [0.5, 0.6) is 0 Å². The second-order valence-corrected chi connectivity index (χ2v) is 3.47. The van der Waals surface area contributed by atoms with Crippen molar-refractivity contribution in [1.29, 1.82) is 0 Å². The highest BCUT2D eigenvalue weighted by Crippen LogP contribution is 2.36. The standard InChI is InChI=1S/C11H10N2/c1-8-9-4-2-3-5-10(9)13-7-12-6-11(8)13/h2-8H,1H3. The largest absolute Gasteiger partial charge is 0.302 e. The first-order valence-corrected chi connectivity index (χ1v) is 4.49. The van der Waals surface area contributed by atoms with Crippen LogP contribution in [0, 0.1) is 0 Å². The van der Waals surface area contributed by atoms with Crippen molar-refractivity contribution < 1.29 is 0 Å². The van der Waals surface area contributed by atoms with Gasteiger partial charge in [0.05, 0.1) is 12.0 Å². The lowest BCUT2D eigenvalue weighted by molar-refractivity contribution is 0.909. The smallest absolute Gasteiger partial charge is 0.0994 e. The van der Waals surface area contributed by atoms with Crippen molar-refractivity contribution >= 4 is 0 Å². The molecule has 0 spiro atoms. The van der Waals surface area contributed by atoms with E-state index in [-0.39, 0.29) is 0 Å². The van der Waals surface area contributed by atoms with E-state index < -0.39 is 0 Å². The summed E-state index contributed by atoms with van der Waals surface area (Å²) in [6, 6.07) is 8.49. The molecule has 2 heterocycles. The molecular formula is C11H10N2. The van der Waals surface area contributed by atoms with Crippen molar-refractivity contribution in [2.45, 2.75) is 12.8 Å². The molecule has 0 radical (unpaired) electrons. The van der Waals surface area contributed by atoms with Crippen LogP contribution < -0.4 is 0 Å². The molecule has 64 valence electrons. The van der Waals surface area contributed by atoms with E-state index in [9.17, 15) is 0 Å². The summed E-state index contributed by atoms with van der Waals surface area (Å²) in [6.07, 6.45) is 3.84. The highest BCUT2D eigenvalue weighted by Gasteiger charge is 2.24. The molecule has 0 bridgehead atoms. The number of benzene rings is 1. The quantitative estimate of drug-likeness (QED) is 0.593. The predicted molar refractivity (Wildman–Crippen MR) is 51.1 cm³/mol. The van der Waals surface area contributed by atoms with Crippen molar-refractivity contribution in [3.63, 3.8) is 0 Å². The van der Waals surface area contributed by atoms with Gasteiger partial charge in [-0.1, -0.05) is 25.1 Å². The Kier molecular flexibility index (Phi) is 1.18. The maximum Gasteiger partial charge on any atom is 0.0994 e. The molecule has 2 aromatic rings. The van der Waals surface area contributed by atoms with Crippen molar-refractivity contribution in [1.82, 2.24) is 9.55 Å². The highest BCUT2D eigenvalue weighted by molar-refractivity contribution is 5.52. The molecule has 1 aliphatic rings. The molecule has 1 unspecified atom stereocenters. The summed E-state index contributed by atoms with van der Waals surface area (Å²) < 4.78 is 2.17. The number of nitrogens with zero attached hydrogens (tertiary/aromatic N) is 2. The predicted octanol–water partition coefficient (Wildman–Crippen LogP) is 2.34. The maximum absolute atomic E-state index is 4.16. The average Bonchev–Trinajstić information content (AvgIpc) is 2.72. The Labute approximate surface area is 76.9 Å². The zero-order valence-electron chi connectivity index (χ0n) is 7.44. The number of imidazole rings is 1. The van der Waals surface area contributed by atoms with Crippen LogP contribution in [-0.2, 0) is 0 Å². The Bertz CT molecular complexity index is 457. The van der Waals surface area contributed by atoms with E-state index in [2.05, 4.69) is 40.7 Å². The molecule has 2 heteroatoms. The first-order valence-electron chi connectivity index (χ1n) is 4.49. The van der Waals surface area contributed by atoms with Gasteiger partial charge in [-0.05, 0) is 11.6 Å². The van der Waals surface area contributed by atoms with Crippen molar-refractivity contribution in [2.75, 3.05) is 0 Å². The highest BCUT2D eigenvalue weighted by atomic mass is 15.1. The lowest BCUT2D eigenvalue weighted by Crippen LogP contribution is -1.88. The zero-order valence-corrected chi connectivity index (χ0v) is 7.44. The molecule has 0 aliphatic carbocycles. The molecule has 13 heavy (non-hydrogen) atoms. The third-order valence-corrected chi connectivity index (χ3v) is 2.77. The van der Waals surface area contributed by atoms with Crippen LogP contribution in [0.3, 0.4) is 0 Å². The van der Waals surface area contributed by atoms with Crippen LogP contribution in [-0.4, -0.2) is 9.55 Å². The Hall–Kier alpha value is -1.57. The summed E-state index contributed by atoms with van der Waals surface area (Å²) in [7, 11) is 0. The second kappa shape index (κ2) is 2.22. The van der Waals surface area contributed by atoms with Crippen LogP contribution >= 0.6 is 0 Å². The molecule has 1 aromatic carbocycles. The summed E-state index contributed by atoms with van der Waals surface area (Å²) in [6.45, 7) is 2.22. The molecule has 1 atom stereocenters. The first kappa shape index (κ1) is 6.89. The fourth-order valence-corrected chi connectivity index (χ4v) is 2.06. The molecule has 1 aliphatic heterocycles. The Balaban J connectivity index is 2.37. The summed E-state index contributed by atoms with van der Waals surface area (Å²) in [5.74, 6) is 0.485. The number of rotatable bonds is 0. The van der Waals surface area contributed by atoms with E-state index in [1.807, 2.05) is 12.5 Å². The third-order valence-electron chi connectivity index (χ3n) is 2.77. The monoisotopic (exact) mass is 170 g/mol. The van der Waals surface area contributed by atoms with E-state index in [1.165, 1.54) is 16.9 Å². The van der Waals surface area contributed by atoms with E-state index in [0.29, 0.717) is 5.92 Å². The van der Waals surface area contributed by atoms with E-state index >= 15 is 0 Å². The number of hydrogen-bond acceptors (Lipinski definition) is 1. The van der Waals surface area contributed by atoms with Gasteiger partial charge in [-0.2, -0.15) is 0 Å². The van der Waals surface area contributed by atoms with Crippen LogP contribution in [0.1, 0.15) is 24.1 Å². The fraction of sp³-hybridized carbons (Fsp3) is 0.182. The number of hydrogen-bond donors (Lipinski definition) is 0. The average molecular weight is 170 g/mol.